The fourth-order valence-electron chi connectivity index (χ4n) is 2.49. The Kier molecular flexibility index (Phi) is 5.17. The predicted molar refractivity (Wildman–Crippen MR) is 79.2 cm³/mol. The van der Waals surface area contributed by atoms with Crippen LogP contribution >= 0.6 is 15.9 Å². The van der Waals surface area contributed by atoms with Crippen molar-refractivity contribution < 1.29 is 14.3 Å². The Morgan fingerprint density at radius 1 is 1.30 bits per heavy atom. The van der Waals surface area contributed by atoms with E-state index in [1.165, 1.54) is 7.11 Å². The highest BCUT2D eigenvalue weighted by molar-refractivity contribution is 9.10. The number of likely N-dealkylation sites (tertiary alicyclic amines) is 1. The van der Waals surface area contributed by atoms with Gasteiger partial charge in [0.05, 0.1) is 13.5 Å². The van der Waals surface area contributed by atoms with Gasteiger partial charge in [0, 0.05) is 11.0 Å². The molecule has 1 aromatic rings. The molecule has 0 radical (unpaired) electrons. The number of methoxy groups -OCH3 is 1. The van der Waals surface area contributed by atoms with Crippen LogP contribution in [0.15, 0.2) is 28.7 Å². The standard InChI is InChI=1S/C15H18BrNO3/c1-20-15(19)13-4-2-3-9-17(13)14(18)10-11-5-7-12(16)8-6-11/h5-8,13H,2-4,9-10H2,1H3. The first-order chi connectivity index (χ1) is 9.61. The number of benzene rings is 1. The molecule has 5 heteroatoms. The highest BCUT2D eigenvalue weighted by Crippen LogP contribution is 2.20. The number of carbonyl (C=O) groups excluding carboxylic acids is 2. The highest BCUT2D eigenvalue weighted by atomic mass is 79.9. The zero-order valence-corrected chi connectivity index (χ0v) is 13.1. The summed E-state index contributed by atoms with van der Waals surface area (Å²) in [5.74, 6) is -0.323. The third kappa shape index (κ3) is 3.60. The Balaban J connectivity index is 2.05. The van der Waals surface area contributed by atoms with Crippen LogP contribution in [0.2, 0.25) is 0 Å². The van der Waals surface area contributed by atoms with Crippen molar-refractivity contribution in [2.45, 2.75) is 31.7 Å². The quantitative estimate of drug-likeness (QED) is 0.795. The Bertz CT molecular complexity index is 486. The van der Waals surface area contributed by atoms with Crippen LogP contribution in [-0.2, 0) is 20.7 Å². The second kappa shape index (κ2) is 6.88. The number of ether oxygens (including phenoxy) is 1. The number of amides is 1. The van der Waals surface area contributed by atoms with E-state index in [0.29, 0.717) is 19.4 Å². The van der Waals surface area contributed by atoms with Gasteiger partial charge in [-0.05, 0) is 37.0 Å². The first-order valence-electron chi connectivity index (χ1n) is 6.73. The summed E-state index contributed by atoms with van der Waals surface area (Å²) in [7, 11) is 1.37. The molecule has 1 heterocycles. The summed E-state index contributed by atoms with van der Waals surface area (Å²) in [6, 6.07) is 7.24. The van der Waals surface area contributed by atoms with Crippen molar-refractivity contribution in [1.29, 1.82) is 0 Å². The Morgan fingerprint density at radius 3 is 2.65 bits per heavy atom. The molecule has 2 rings (SSSR count). The molecule has 0 spiro atoms. The van der Waals surface area contributed by atoms with Gasteiger partial charge >= 0.3 is 5.97 Å². The maximum Gasteiger partial charge on any atom is 0.328 e. The van der Waals surface area contributed by atoms with Crippen LogP contribution < -0.4 is 0 Å². The minimum atomic E-state index is -0.420. The minimum absolute atomic E-state index is 0.0116. The third-order valence-corrected chi connectivity index (χ3v) is 4.09. The first-order valence-corrected chi connectivity index (χ1v) is 7.53. The summed E-state index contributed by atoms with van der Waals surface area (Å²) in [5.41, 5.74) is 0.951. The van der Waals surface area contributed by atoms with E-state index in [-0.39, 0.29) is 11.9 Å². The molecule has 1 saturated heterocycles. The number of hydrogen-bond donors (Lipinski definition) is 0. The van der Waals surface area contributed by atoms with Crippen LogP contribution in [0.25, 0.3) is 0 Å². The van der Waals surface area contributed by atoms with Crippen LogP contribution in [0, 0.1) is 0 Å². The lowest BCUT2D eigenvalue weighted by molar-refractivity contribution is -0.154. The van der Waals surface area contributed by atoms with Gasteiger partial charge < -0.3 is 9.64 Å². The van der Waals surface area contributed by atoms with Crippen molar-refractivity contribution in [3.05, 3.63) is 34.3 Å². The monoisotopic (exact) mass is 339 g/mol. The van der Waals surface area contributed by atoms with Crippen LogP contribution in [0.5, 0.6) is 0 Å². The van der Waals surface area contributed by atoms with Crippen molar-refractivity contribution in [2.24, 2.45) is 0 Å². The van der Waals surface area contributed by atoms with Crippen molar-refractivity contribution in [1.82, 2.24) is 4.90 Å². The van der Waals surface area contributed by atoms with Gasteiger partial charge in [-0.2, -0.15) is 0 Å². The zero-order chi connectivity index (χ0) is 14.5. The van der Waals surface area contributed by atoms with E-state index in [0.717, 1.165) is 22.9 Å². The number of esters is 1. The predicted octanol–water partition coefficient (Wildman–Crippen LogP) is 2.55. The number of rotatable bonds is 3. The SMILES string of the molecule is COC(=O)C1CCCCN1C(=O)Cc1ccc(Br)cc1. The molecule has 20 heavy (non-hydrogen) atoms. The topological polar surface area (TPSA) is 46.6 Å². The number of hydrogen-bond acceptors (Lipinski definition) is 3. The van der Waals surface area contributed by atoms with E-state index in [9.17, 15) is 9.59 Å². The molecule has 0 bridgehead atoms. The summed E-state index contributed by atoms with van der Waals surface area (Å²) < 4.78 is 5.78. The van der Waals surface area contributed by atoms with Gasteiger partial charge in [-0.25, -0.2) is 4.79 Å². The molecule has 0 saturated carbocycles. The zero-order valence-electron chi connectivity index (χ0n) is 11.5. The first kappa shape index (κ1) is 15.0. The van der Waals surface area contributed by atoms with Gasteiger partial charge in [0.2, 0.25) is 5.91 Å². The van der Waals surface area contributed by atoms with Crippen LogP contribution in [0.1, 0.15) is 24.8 Å². The van der Waals surface area contributed by atoms with Gasteiger partial charge in [0.1, 0.15) is 6.04 Å². The van der Waals surface area contributed by atoms with Crippen molar-refractivity contribution in [3.8, 4) is 0 Å². The molecule has 1 unspecified atom stereocenters. The fraction of sp³-hybridized carbons (Fsp3) is 0.467. The number of carbonyl (C=O) groups is 2. The average molecular weight is 340 g/mol. The van der Waals surface area contributed by atoms with E-state index in [2.05, 4.69) is 15.9 Å². The van der Waals surface area contributed by atoms with E-state index in [1.54, 1.807) is 4.90 Å². The van der Waals surface area contributed by atoms with Gasteiger partial charge in [0.25, 0.3) is 0 Å². The molecule has 1 aliphatic heterocycles. The average Bonchev–Trinajstić information content (AvgIpc) is 2.48. The lowest BCUT2D eigenvalue weighted by Crippen LogP contribution is -2.49. The number of nitrogens with zero attached hydrogens (tertiary/aromatic N) is 1. The van der Waals surface area contributed by atoms with Gasteiger partial charge in [-0.1, -0.05) is 28.1 Å². The molecular formula is C15H18BrNO3. The smallest absolute Gasteiger partial charge is 0.328 e. The lowest BCUT2D eigenvalue weighted by atomic mass is 10.0. The molecule has 1 atom stereocenters. The highest BCUT2D eigenvalue weighted by Gasteiger charge is 2.32. The summed E-state index contributed by atoms with van der Waals surface area (Å²) in [6.07, 6.45) is 2.92. The van der Waals surface area contributed by atoms with Crippen molar-refractivity contribution in [3.63, 3.8) is 0 Å². The molecule has 0 aromatic heterocycles. The summed E-state index contributed by atoms with van der Waals surface area (Å²) in [5, 5.41) is 0. The van der Waals surface area contributed by atoms with Crippen molar-refractivity contribution in [2.75, 3.05) is 13.7 Å². The van der Waals surface area contributed by atoms with E-state index >= 15 is 0 Å². The summed E-state index contributed by atoms with van der Waals surface area (Å²) >= 11 is 3.37. The van der Waals surface area contributed by atoms with Gasteiger partial charge in [0.15, 0.2) is 0 Å². The van der Waals surface area contributed by atoms with E-state index in [1.807, 2.05) is 24.3 Å². The van der Waals surface area contributed by atoms with Gasteiger partial charge in [-0.3, -0.25) is 4.79 Å². The fourth-order valence-corrected chi connectivity index (χ4v) is 2.75. The number of halogens is 1. The van der Waals surface area contributed by atoms with Crippen LogP contribution in [0.4, 0.5) is 0 Å². The largest absolute Gasteiger partial charge is 0.467 e. The molecule has 1 fully saturated rings. The van der Waals surface area contributed by atoms with E-state index < -0.39 is 6.04 Å². The van der Waals surface area contributed by atoms with Gasteiger partial charge in [-0.15, -0.1) is 0 Å². The minimum Gasteiger partial charge on any atom is -0.467 e. The molecule has 1 aromatic carbocycles. The second-order valence-electron chi connectivity index (χ2n) is 4.93. The normalized spacial score (nSPS) is 18.7. The second-order valence-corrected chi connectivity index (χ2v) is 5.84. The maximum atomic E-state index is 12.4. The van der Waals surface area contributed by atoms with E-state index in [4.69, 9.17) is 4.74 Å². The third-order valence-electron chi connectivity index (χ3n) is 3.57. The molecule has 1 aliphatic rings. The van der Waals surface area contributed by atoms with Crippen LogP contribution in [0.3, 0.4) is 0 Å². The molecule has 108 valence electrons. The summed E-state index contributed by atoms with van der Waals surface area (Å²) in [6.45, 7) is 0.634. The Hall–Kier alpha value is -1.36. The number of piperidine rings is 1. The molecule has 4 nitrogen and oxygen atoms in total. The Labute approximate surface area is 127 Å². The summed E-state index contributed by atoms with van der Waals surface area (Å²) in [4.78, 5) is 25.8. The lowest BCUT2D eigenvalue weighted by Gasteiger charge is -2.33. The Morgan fingerprint density at radius 2 is 2.00 bits per heavy atom. The molecule has 1 amide bonds. The molecule has 0 N–H and O–H groups in total. The molecule has 0 aliphatic carbocycles. The van der Waals surface area contributed by atoms with Crippen molar-refractivity contribution >= 4 is 27.8 Å². The maximum absolute atomic E-state index is 12.4. The van der Waals surface area contributed by atoms with Crippen LogP contribution in [-0.4, -0.2) is 36.5 Å². The molecular weight excluding hydrogens is 322 g/mol.